The maximum atomic E-state index is 13.0. The molecule has 1 heterocycles. The zero-order valence-corrected chi connectivity index (χ0v) is 10.5. The summed E-state index contributed by atoms with van der Waals surface area (Å²) in [6.45, 7) is -0.0328. The molecule has 1 fully saturated rings. The van der Waals surface area contributed by atoms with Crippen molar-refractivity contribution in [2.75, 3.05) is 13.1 Å². The van der Waals surface area contributed by atoms with Gasteiger partial charge in [0.05, 0.1) is 17.1 Å². The van der Waals surface area contributed by atoms with E-state index < -0.39 is 37.5 Å². The van der Waals surface area contributed by atoms with E-state index in [4.69, 9.17) is 0 Å². The molecule has 1 saturated heterocycles. The van der Waals surface area contributed by atoms with Crippen LogP contribution in [0.3, 0.4) is 0 Å². The summed E-state index contributed by atoms with van der Waals surface area (Å²) >= 11 is 0. The van der Waals surface area contributed by atoms with Crippen molar-refractivity contribution in [3.8, 4) is 0 Å². The summed E-state index contributed by atoms with van der Waals surface area (Å²) in [6, 6.07) is 2.29. The van der Waals surface area contributed by atoms with Crippen molar-refractivity contribution >= 4 is 15.7 Å². The second-order valence-corrected chi connectivity index (χ2v) is 6.08. The van der Waals surface area contributed by atoms with Crippen LogP contribution in [0.25, 0.3) is 0 Å². The van der Waals surface area contributed by atoms with Crippen LogP contribution in [-0.2, 0) is 10.0 Å². The molecule has 1 N–H and O–H groups in total. The second kappa shape index (κ2) is 4.83. The van der Waals surface area contributed by atoms with E-state index in [2.05, 4.69) is 0 Å². The zero-order valence-electron chi connectivity index (χ0n) is 9.69. The van der Waals surface area contributed by atoms with Gasteiger partial charge in [0, 0.05) is 13.1 Å². The van der Waals surface area contributed by atoms with Gasteiger partial charge in [0.1, 0.15) is 5.82 Å². The quantitative estimate of drug-likeness (QED) is 0.645. The highest BCUT2D eigenvalue weighted by atomic mass is 32.2. The van der Waals surface area contributed by atoms with Crippen molar-refractivity contribution in [2.45, 2.75) is 17.4 Å². The Hall–Kier alpha value is -1.58. The molecular formula is C10H11FN2O5S. The Morgan fingerprint density at radius 3 is 2.68 bits per heavy atom. The number of benzene rings is 1. The lowest BCUT2D eigenvalue weighted by Crippen LogP contribution is -2.30. The van der Waals surface area contributed by atoms with Crippen LogP contribution in [0.4, 0.5) is 10.1 Å². The fraction of sp³-hybridized carbons (Fsp3) is 0.400. The smallest absolute Gasteiger partial charge is 0.292 e. The molecule has 1 aromatic carbocycles. The number of nitro groups is 1. The van der Waals surface area contributed by atoms with Gasteiger partial charge in [-0.15, -0.1) is 0 Å². The number of β-amino-alcohol motifs (C(OH)–C–C–N with tert-alkyl or cyclic N) is 1. The number of aliphatic hydroxyl groups excluding tert-OH is 1. The molecule has 0 saturated carbocycles. The Morgan fingerprint density at radius 1 is 1.47 bits per heavy atom. The van der Waals surface area contributed by atoms with Crippen molar-refractivity contribution in [3.63, 3.8) is 0 Å². The summed E-state index contributed by atoms with van der Waals surface area (Å²) in [4.78, 5) is 9.30. The molecule has 0 radical (unpaired) electrons. The van der Waals surface area contributed by atoms with Crippen LogP contribution in [0.2, 0.25) is 0 Å². The van der Waals surface area contributed by atoms with Gasteiger partial charge >= 0.3 is 0 Å². The number of halogens is 1. The molecule has 1 atom stereocenters. The predicted octanol–water partition coefficient (Wildman–Crippen LogP) is 0.489. The molecule has 0 aromatic heterocycles. The summed E-state index contributed by atoms with van der Waals surface area (Å²) in [5.41, 5.74) is -0.804. The molecule has 1 aliphatic rings. The van der Waals surface area contributed by atoms with E-state index in [1.165, 1.54) is 0 Å². The summed E-state index contributed by atoms with van der Waals surface area (Å²) in [5.74, 6) is -0.882. The number of sulfonamides is 1. The molecular weight excluding hydrogens is 279 g/mol. The Morgan fingerprint density at radius 2 is 2.16 bits per heavy atom. The molecule has 19 heavy (non-hydrogen) atoms. The lowest BCUT2D eigenvalue weighted by Gasteiger charge is -2.15. The highest BCUT2D eigenvalue weighted by molar-refractivity contribution is 7.89. The minimum absolute atomic E-state index is 0.0814. The highest BCUT2D eigenvalue weighted by Crippen LogP contribution is 2.29. The van der Waals surface area contributed by atoms with E-state index in [-0.39, 0.29) is 19.5 Å². The van der Waals surface area contributed by atoms with Crippen molar-refractivity contribution in [1.82, 2.24) is 4.31 Å². The molecule has 0 unspecified atom stereocenters. The largest absolute Gasteiger partial charge is 0.392 e. The predicted molar refractivity (Wildman–Crippen MR) is 62.4 cm³/mol. The topological polar surface area (TPSA) is 101 Å². The van der Waals surface area contributed by atoms with E-state index in [0.717, 1.165) is 16.4 Å². The van der Waals surface area contributed by atoms with Crippen molar-refractivity contribution in [2.24, 2.45) is 0 Å². The van der Waals surface area contributed by atoms with E-state index in [9.17, 15) is 28.0 Å². The van der Waals surface area contributed by atoms with E-state index in [1.54, 1.807) is 0 Å². The third-order valence-electron chi connectivity index (χ3n) is 2.86. The van der Waals surface area contributed by atoms with E-state index in [0.29, 0.717) is 6.07 Å². The Kier molecular flexibility index (Phi) is 3.52. The number of rotatable bonds is 3. The Labute approximate surface area is 108 Å². The van der Waals surface area contributed by atoms with Crippen molar-refractivity contribution in [1.29, 1.82) is 0 Å². The van der Waals surface area contributed by atoms with Crippen LogP contribution < -0.4 is 0 Å². The van der Waals surface area contributed by atoms with E-state index >= 15 is 0 Å². The van der Waals surface area contributed by atoms with Gasteiger partial charge in [-0.2, -0.15) is 4.31 Å². The maximum Gasteiger partial charge on any atom is 0.292 e. The Bertz CT molecular complexity index is 618. The minimum atomic E-state index is -4.10. The summed E-state index contributed by atoms with van der Waals surface area (Å²) in [6.07, 6.45) is -0.511. The fourth-order valence-corrected chi connectivity index (χ4v) is 3.55. The lowest BCUT2D eigenvalue weighted by molar-refractivity contribution is -0.388. The molecule has 0 amide bonds. The third kappa shape index (κ3) is 2.57. The number of hydrogen-bond acceptors (Lipinski definition) is 5. The fourth-order valence-electron chi connectivity index (χ4n) is 1.92. The third-order valence-corrected chi connectivity index (χ3v) is 4.77. The van der Waals surface area contributed by atoms with Crippen molar-refractivity contribution in [3.05, 3.63) is 34.1 Å². The number of aliphatic hydroxyl groups is 1. The number of nitrogens with zero attached hydrogens (tertiary/aromatic N) is 2. The SMILES string of the molecule is O=[N+]([O-])c1cc(F)ccc1S(=O)(=O)N1CC[C@@H](O)C1. The first-order valence-electron chi connectivity index (χ1n) is 5.44. The monoisotopic (exact) mass is 290 g/mol. The molecule has 7 nitrogen and oxygen atoms in total. The van der Waals surface area contributed by atoms with Gasteiger partial charge in [0.25, 0.3) is 5.69 Å². The van der Waals surface area contributed by atoms with Crippen LogP contribution in [0, 0.1) is 15.9 Å². The number of hydrogen-bond donors (Lipinski definition) is 1. The molecule has 2 rings (SSSR count). The van der Waals surface area contributed by atoms with Gasteiger partial charge in [-0.05, 0) is 18.6 Å². The molecule has 104 valence electrons. The minimum Gasteiger partial charge on any atom is -0.392 e. The van der Waals surface area contributed by atoms with Crippen LogP contribution in [0.1, 0.15) is 6.42 Å². The van der Waals surface area contributed by atoms with Crippen molar-refractivity contribution < 1.29 is 22.8 Å². The van der Waals surface area contributed by atoms with Gasteiger partial charge < -0.3 is 5.11 Å². The molecule has 0 aliphatic carbocycles. The standard InChI is InChI=1S/C10H11FN2O5S/c11-7-1-2-10(9(5-7)13(15)16)19(17,18)12-4-3-8(14)6-12/h1-2,5,8,14H,3-4,6H2/t8-/m1/s1. The van der Waals surface area contributed by atoms with E-state index in [1.807, 2.05) is 0 Å². The van der Waals surface area contributed by atoms with Crippen LogP contribution in [0.5, 0.6) is 0 Å². The number of nitro benzene ring substituents is 1. The maximum absolute atomic E-state index is 13.0. The molecule has 9 heteroatoms. The van der Waals surface area contributed by atoms with Gasteiger partial charge in [-0.1, -0.05) is 0 Å². The Balaban J connectivity index is 2.49. The first-order chi connectivity index (χ1) is 8.82. The van der Waals surface area contributed by atoms with Crippen LogP contribution in [-0.4, -0.2) is 41.9 Å². The molecule has 1 aromatic rings. The first kappa shape index (κ1) is 13.8. The molecule has 1 aliphatic heterocycles. The summed E-state index contributed by atoms with van der Waals surface area (Å²) < 4.78 is 38.3. The molecule has 0 bridgehead atoms. The lowest BCUT2D eigenvalue weighted by atomic mass is 10.3. The summed E-state index contributed by atoms with van der Waals surface area (Å²) in [7, 11) is -4.10. The van der Waals surface area contributed by atoms with Gasteiger partial charge in [-0.3, -0.25) is 10.1 Å². The normalized spacial score (nSPS) is 20.6. The first-order valence-corrected chi connectivity index (χ1v) is 6.88. The average molecular weight is 290 g/mol. The van der Waals surface area contributed by atoms with Crippen LogP contribution >= 0.6 is 0 Å². The van der Waals surface area contributed by atoms with Gasteiger partial charge in [-0.25, -0.2) is 12.8 Å². The average Bonchev–Trinajstić information content (AvgIpc) is 2.76. The van der Waals surface area contributed by atoms with Gasteiger partial charge in [0.15, 0.2) is 4.90 Å². The zero-order chi connectivity index (χ0) is 14.2. The van der Waals surface area contributed by atoms with Gasteiger partial charge in [0.2, 0.25) is 10.0 Å². The van der Waals surface area contributed by atoms with Crippen LogP contribution in [0.15, 0.2) is 23.1 Å². The second-order valence-electron chi connectivity index (χ2n) is 4.17. The highest BCUT2D eigenvalue weighted by Gasteiger charge is 2.36. The summed E-state index contributed by atoms with van der Waals surface area (Å²) in [5, 5.41) is 20.1. The molecule has 0 spiro atoms.